The second-order valence-corrected chi connectivity index (χ2v) is 14.4. The van der Waals surface area contributed by atoms with Gasteiger partial charge in [0.05, 0.1) is 0 Å². The van der Waals surface area contributed by atoms with Crippen molar-refractivity contribution in [3.05, 3.63) is 24.3 Å². The summed E-state index contributed by atoms with van der Waals surface area (Å²) < 4.78 is 16.2. The number of carboxylic acids is 1. The van der Waals surface area contributed by atoms with Crippen LogP contribution in [0.5, 0.6) is 0 Å². The van der Waals surface area contributed by atoms with E-state index in [1.165, 1.54) is 89.9 Å². The quantitative estimate of drug-likeness (QED) is 0.0287. The van der Waals surface area contributed by atoms with Crippen LogP contribution in [0.15, 0.2) is 24.3 Å². The first-order valence-electron chi connectivity index (χ1n) is 21.4. The van der Waals surface area contributed by atoms with E-state index in [0.717, 1.165) is 70.6 Å². The maximum Gasteiger partial charge on any atom is 0.306 e. The van der Waals surface area contributed by atoms with Crippen LogP contribution in [-0.2, 0) is 33.4 Å². The number of unbranched alkanes of at least 4 members (excludes halogenated alkanes) is 22. The van der Waals surface area contributed by atoms with Gasteiger partial charge in [-0.3, -0.25) is 19.2 Å². The Kier molecular flexibility index (Phi) is 37.6. The minimum absolute atomic E-state index is 0.0445. The molecule has 0 aliphatic heterocycles. The van der Waals surface area contributed by atoms with E-state index in [0.29, 0.717) is 12.8 Å². The molecular formula is C44H78O8. The largest absolute Gasteiger partial charge is 0.481 e. The Morgan fingerprint density at radius 3 is 1.13 bits per heavy atom. The molecule has 0 aliphatic rings. The Morgan fingerprint density at radius 2 is 0.750 bits per heavy atom. The molecule has 0 fully saturated rings. The monoisotopic (exact) mass is 735 g/mol. The summed E-state index contributed by atoms with van der Waals surface area (Å²) in [7, 11) is 0. The van der Waals surface area contributed by atoms with Crippen molar-refractivity contribution in [2.75, 3.05) is 13.2 Å². The first-order chi connectivity index (χ1) is 25.4. The van der Waals surface area contributed by atoms with Crippen molar-refractivity contribution in [3.8, 4) is 0 Å². The van der Waals surface area contributed by atoms with Crippen LogP contribution in [0.25, 0.3) is 0 Å². The highest BCUT2D eigenvalue weighted by Gasteiger charge is 2.19. The van der Waals surface area contributed by atoms with Gasteiger partial charge in [0.2, 0.25) is 0 Å². The van der Waals surface area contributed by atoms with Crippen LogP contribution < -0.4 is 0 Å². The molecule has 0 aromatic carbocycles. The number of ether oxygens (including phenoxy) is 3. The molecule has 0 amide bonds. The van der Waals surface area contributed by atoms with Crippen LogP contribution in [0.3, 0.4) is 0 Å². The number of carboxylic acid groups (broad SMARTS) is 1. The van der Waals surface area contributed by atoms with Crippen molar-refractivity contribution >= 4 is 23.9 Å². The highest BCUT2D eigenvalue weighted by molar-refractivity contribution is 5.72. The van der Waals surface area contributed by atoms with Gasteiger partial charge in [-0.25, -0.2) is 0 Å². The van der Waals surface area contributed by atoms with E-state index in [1.54, 1.807) is 0 Å². The first kappa shape index (κ1) is 49.4. The average molecular weight is 735 g/mol. The Hall–Kier alpha value is -2.64. The molecule has 302 valence electrons. The van der Waals surface area contributed by atoms with Crippen LogP contribution in [0.1, 0.15) is 213 Å². The molecule has 0 unspecified atom stereocenters. The Labute approximate surface area is 318 Å². The minimum atomic E-state index is -0.978. The van der Waals surface area contributed by atoms with E-state index in [9.17, 15) is 19.2 Å². The summed E-state index contributed by atoms with van der Waals surface area (Å²) in [6.07, 6.45) is 39.5. The molecule has 1 atom stereocenters. The molecule has 0 rings (SSSR count). The van der Waals surface area contributed by atoms with E-state index in [4.69, 9.17) is 19.3 Å². The number of carbonyl (C=O) groups is 4. The molecule has 0 heterocycles. The van der Waals surface area contributed by atoms with Crippen molar-refractivity contribution in [2.45, 2.75) is 219 Å². The van der Waals surface area contributed by atoms with Gasteiger partial charge >= 0.3 is 23.9 Å². The average Bonchev–Trinajstić information content (AvgIpc) is 3.12. The van der Waals surface area contributed by atoms with Crippen LogP contribution in [0, 0.1) is 0 Å². The van der Waals surface area contributed by atoms with Gasteiger partial charge < -0.3 is 19.3 Å². The number of hydrogen-bond acceptors (Lipinski definition) is 7. The lowest BCUT2D eigenvalue weighted by atomic mass is 10.1. The number of esters is 3. The third kappa shape index (κ3) is 38.6. The molecule has 0 saturated carbocycles. The van der Waals surface area contributed by atoms with E-state index in [1.807, 2.05) is 0 Å². The van der Waals surface area contributed by atoms with Gasteiger partial charge in [-0.2, -0.15) is 0 Å². The summed E-state index contributed by atoms with van der Waals surface area (Å²) in [5, 5.41) is 8.79. The lowest BCUT2D eigenvalue weighted by molar-refractivity contribution is -0.167. The van der Waals surface area contributed by atoms with E-state index in [2.05, 4.69) is 38.2 Å². The molecule has 8 heteroatoms. The molecule has 8 nitrogen and oxygen atoms in total. The summed E-state index contributed by atoms with van der Waals surface area (Å²) in [5.41, 5.74) is 0. The molecule has 0 bridgehead atoms. The van der Waals surface area contributed by atoms with E-state index >= 15 is 0 Å². The number of aliphatic carboxylic acids is 1. The fourth-order valence-corrected chi connectivity index (χ4v) is 5.94. The number of hydrogen-bond donors (Lipinski definition) is 1. The minimum Gasteiger partial charge on any atom is -0.481 e. The van der Waals surface area contributed by atoms with Crippen LogP contribution in [0.2, 0.25) is 0 Å². The van der Waals surface area contributed by atoms with E-state index in [-0.39, 0.29) is 44.9 Å². The van der Waals surface area contributed by atoms with Gasteiger partial charge in [0, 0.05) is 25.7 Å². The second-order valence-electron chi connectivity index (χ2n) is 14.4. The zero-order valence-electron chi connectivity index (χ0n) is 33.5. The molecular weight excluding hydrogens is 656 g/mol. The van der Waals surface area contributed by atoms with Crippen molar-refractivity contribution in [1.29, 1.82) is 0 Å². The standard InChI is InChI=1S/C44H78O8/c1-3-5-7-9-11-13-15-17-19-21-23-25-27-29-31-35-42(47)50-38-40(39-51-43(48)37-33-34-41(45)46)52-44(49)36-32-30-28-26-24-22-20-18-16-14-12-10-8-6-4-2/h17-20,40H,3-16,21-39H2,1-2H3,(H,45,46)/b19-17-,20-18-/t40-/m1/s1. The Bertz CT molecular complexity index is 912. The number of carbonyl (C=O) groups excluding carboxylic acids is 3. The maximum absolute atomic E-state index is 12.6. The maximum atomic E-state index is 12.6. The van der Waals surface area contributed by atoms with Crippen LogP contribution >= 0.6 is 0 Å². The van der Waals surface area contributed by atoms with Gasteiger partial charge in [-0.15, -0.1) is 0 Å². The molecule has 0 spiro atoms. The normalized spacial score (nSPS) is 12.0. The molecule has 0 aromatic rings. The SMILES string of the molecule is CCCCCCCC/C=C\CCCCCCCC(=O)OC[C@H](COC(=O)CCCC(=O)O)OC(=O)CCCCCCC/C=C\CCCCCCCC. The van der Waals surface area contributed by atoms with Gasteiger partial charge in [0.25, 0.3) is 0 Å². The van der Waals surface area contributed by atoms with E-state index < -0.39 is 24.0 Å². The first-order valence-corrected chi connectivity index (χ1v) is 21.4. The molecule has 0 saturated heterocycles. The number of rotatable bonds is 39. The fraction of sp³-hybridized carbons (Fsp3) is 0.818. The Morgan fingerprint density at radius 1 is 0.423 bits per heavy atom. The number of allylic oxidation sites excluding steroid dienone is 4. The third-order valence-corrected chi connectivity index (χ3v) is 9.22. The topological polar surface area (TPSA) is 116 Å². The molecule has 0 aliphatic carbocycles. The lowest BCUT2D eigenvalue weighted by Crippen LogP contribution is -2.30. The third-order valence-electron chi connectivity index (χ3n) is 9.22. The summed E-state index contributed by atoms with van der Waals surface area (Å²) in [5.74, 6) is -2.31. The molecule has 0 radical (unpaired) electrons. The fourth-order valence-electron chi connectivity index (χ4n) is 5.94. The Balaban J connectivity index is 4.21. The summed E-state index contributed by atoms with van der Waals surface area (Å²) in [4.78, 5) is 47.8. The zero-order chi connectivity index (χ0) is 38.2. The summed E-state index contributed by atoms with van der Waals surface area (Å²) >= 11 is 0. The van der Waals surface area contributed by atoms with Crippen molar-refractivity contribution < 1.29 is 38.5 Å². The van der Waals surface area contributed by atoms with Crippen molar-refractivity contribution in [2.24, 2.45) is 0 Å². The van der Waals surface area contributed by atoms with Crippen LogP contribution in [-0.4, -0.2) is 48.3 Å². The zero-order valence-corrected chi connectivity index (χ0v) is 33.5. The molecule has 0 aromatic heterocycles. The predicted molar refractivity (Wildman–Crippen MR) is 212 cm³/mol. The van der Waals surface area contributed by atoms with Crippen molar-refractivity contribution in [3.63, 3.8) is 0 Å². The highest BCUT2D eigenvalue weighted by Crippen LogP contribution is 2.13. The molecule has 52 heavy (non-hydrogen) atoms. The molecule has 1 N–H and O–H groups in total. The van der Waals surface area contributed by atoms with Gasteiger partial charge in [-0.1, -0.05) is 141 Å². The summed E-state index contributed by atoms with van der Waals surface area (Å²) in [6.45, 7) is 4.09. The van der Waals surface area contributed by atoms with Crippen LogP contribution in [0.4, 0.5) is 0 Å². The van der Waals surface area contributed by atoms with Gasteiger partial charge in [0.1, 0.15) is 13.2 Å². The summed E-state index contributed by atoms with van der Waals surface area (Å²) in [6, 6.07) is 0. The lowest BCUT2D eigenvalue weighted by Gasteiger charge is -2.18. The smallest absolute Gasteiger partial charge is 0.306 e. The van der Waals surface area contributed by atoms with Gasteiger partial charge in [-0.05, 0) is 70.6 Å². The van der Waals surface area contributed by atoms with Crippen molar-refractivity contribution in [1.82, 2.24) is 0 Å². The highest BCUT2D eigenvalue weighted by atomic mass is 16.6. The van der Waals surface area contributed by atoms with Gasteiger partial charge in [0.15, 0.2) is 6.10 Å². The second kappa shape index (κ2) is 39.6. The predicted octanol–water partition coefficient (Wildman–Crippen LogP) is 12.3.